The van der Waals surface area contributed by atoms with E-state index in [1.54, 1.807) is 25.1 Å². The molecule has 0 aromatic heterocycles. The van der Waals surface area contributed by atoms with Crippen LogP contribution in [0.15, 0.2) is 29.2 Å². The lowest BCUT2D eigenvalue weighted by Crippen LogP contribution is -2.38. The van der Waals surface area contributed by atoms with Crippen molar-refractivity contribution in [1.82, 2.24) is 9.62 Å². The van der Waals surface area contributed by atoms with Crippen molar-refractivity contribution in [1.29, 1.82) is 0 Å². The number of nitrogens with zero attached hydrogens (tertiary/aromatic N) is 1. The van der Waals surface area contributed by atoms with Gasteiger partial charge < -0.3 is 11.1 Å². The second-order valence-electron chi connectivity index (χ2n) is 5.96. The zero-order valence-corrected chi connectivity index (χ0v) is 14.3. The molecule has 0 unspecified atom stereocenters. The predicted octanol–water partition coefficient (Wildman–Crippen LogP) is 1.33. The Morgan fingerprint density at radius 3 is 2.52 bits per heavy atom. The minimum Gasteiger partial charge on any atom is -0.348 e. The molecule has 0 saturated carbocycles. The number of rotatable bonds is 5. The molecule has 2 rings (SSSR count). The highest BCUT2D eigenvalue weighted by Crippen LogP contribution is 2.21. The zero-order chi connectivity index (χ0) is 16.9. The Morgan fingerprint density at radius 1 is 1.26 bits per heavy atom. The predicted molar refractivity (Wildman–Crippen MR) is 89.7 cm³/mol. The Hall–Kier alpha value is -1.44. The van der Waals surface area contributed by atoms with E-state index in [1.165, 1.54) is 10.4 Å². The largest absolute Gasteiger partial charge is 0.348 e. The minimum absolute atomic E-state index is 0.159. The summed E-state index contributed by atoms with van der Waals surface area (Å²) in [6, 6.07) is 6.04. The minimum atomic E-state index is -3.55. The Bertz CT molecular complexity index is 638. The third-order valence-corrected chi connectivity index (χ3v) is 5.92. The molecule has 7 heteroatoms. The number of sulfonamides is 1. The summed E-state index contributed by atoms with van der Waals surface area (Å²) in [6.45, 7) is 3.22. The van der Waals surface area contributed by atoms with Crippen LogP contribution in [0.1, 0.15) is 43.0 Å². The normalized spacial score (nSPS) is 18.2. The molecule has 1 aromatic rings. The van der Waals surface area contributed by atoms with Crippen molar-refractivity contribution >= 4 is 15.9 Å². The number of hydrogen-bond donors (Lipinski definition) is 2. The van der Waals surface area contributed by atoms with Crippen molar-refractivity contribution in [3.63, 3.8) is 0 Å². The van der Waals surface area contributed by atoms with Crippen LogP contribution in [-0.4, -0.2) is 44.3 Å². The van der Waals surface area contributed by atoms with Crippen molar-refractivity contribution in [2.24, 2.45) is 5.73 Å². The molecule has 23 heavy (non-hydrogen) atoms. The average Bonchev–Trinajstić information content (AvgIpc) is 2.84. The molecule has 0 bridgehead atoms. The summed E-state index contributed by atoms with van der Waals surface area (Å²) in [4.78, 5) is 12.3. The van der Waals surface area contributed by atoms with E-state index in [0.717, 1.165) is 25.7 Å². The van der Waals surface area contributed by atoms with Crippen LogP contribution in [0.3, 0.4) is 0 Å². The first-order valence-electron chi connectivity index (χ1n) is 8.06. The molecule has 1 heterocycles. The van der Waals surface area contributed by atoms with Gasteiger partial charge in [0.15, 0.2) is 0 Å². The SMILES string of the molecule is C[C@@H](CN)NC(=O)c1cccc(S(=O)(=O)N2CCCCCC2)c1. The van der Waals surface area contributed by atoms with E-state index in [4.69, 9.17) is 5.73 Å². The summed E-state index contributed by atoms with van der Waals surface area (Å²) in [5.74, 6) is -0.309. The van der Waals surface area contributed by atoms with E-state index in [9.17, 15) is 13.2 Å². The van der Waals surface area contributed by atoms with Crippen LogP contribution >= 0.6 is 0 Å². The van der Waals surface area contributed by atoms with Gasteiger partial charge >= 0.3 is 0 Å². The fraction of sp³-hybridized carbons (Fsp3) is 0.562. The summed E-state index contributed by atoms with van der Waals surface area (Å²) in [6.07, 6.45) is 3.89. The van der Waals surface area contributed by atoms with E-state index < -0.39 is 10.0 Å². The van der Waals surface area contributed by atoms with Crippen LogP contribution < -0.4 is 11.1 Å². The Morgan fingerprint density at radius 2 is 1.91 bits per heavy atom. The quantitative estimate of drug-likeness (QED) is 0.846. The van der Waals surface area contributed by atoms with Crippen molar-refractivity contribution in [2.75, 3.05) is 19.6 Å². The number of nitrogens with two attached hydrogens (primary N) is 1. The molecular weight excluding hydrogens is 314 g/mol. The van der Waals surface area contributed by atoms with Crippen LogP contribution in [-0.2, 0) is 10.0 Å². The second-order valence-corrected chi connectivity index (χ2v) is 7.89. The molecule has 0 radical (unpaired) electrons. The fourth-order valence-electron chi connectivity index (χ4n) is 2.59. The number of amides is 1. The second kappa shape index (κ2) is 7.90. The maximum atomic E-state index is 12.8. The standard InChI is InChI=1S/C16H25N3O3S/c1-13(12-17)18-16(20)14-7-6-8-15(11-14)23(21,22)19-9-4-2-3-5-10-19/h6-8,11,13H,2-5,9-10,12,17H2,1H3,(H,18,20)/t13-/m0/s1. The summed E-state index contributed by atoms with van der Waals surface area (Å²) in [5.41, 5.74) is 5.83. The lowest BCUT2D eigenvalue weighted by molar-refractivity contribution is 0.0941. The van der Waals surface area contributed by atoms with E-state index in [1.807, 2.05) is 0 Å². The molecule has 0 aliphatic carbocycles. The van der Waals surface area contributed by atoms with Crippen molar-refractivity contribution in [3.05, 3.63) is 29.8 Å². The lowest BCUT2D eigenvalue weighted by Gasteiger charge is -2.20. The topological polar surface area (TPSA) is 92.5 Å². The van der Waals surface area contributed by atoms with Crippen LogP contribution in [0.5, 0.6) is 0 Å². The molecule has 1 atom stereocenters. The first-order chi connectivity index (χ1) is 10.9. The average molecular weight is 339 g/mol. The van der Waals surface area contributed by atoms with Gasteiger partial charge in [-0.15, -0.1) is 0 Å². The lowest BCUT2D eigenvalue weighted by atomic mass is 10.2. The summed E-state index contributed by atoms with van der Waals surface area (Å²) < 4.78 is 27.1. The number of benzene rings is 1. The van der Waals surface area contributed by atoms with Gasteiger partial charge in [-0.1, -0.05) is 18.9 Å². The van der Waals surface area contributed by atoms with Gasteiger partial charge in [-0.25, -0.2) is 8.42 Å². The van der Waals surface area contributed by atoms with Crippen LogP contribution in [0.25, 0.3) is 0 Å². The number of carbonyl (C=O) groups excluding carboxylic acids is 1. The Labute approximate surface area is 138 Å². The van der Waals surface area contributed by atoms with Gasteiger partial charge in [0.2, 0.25) is 10.0 Å². The van der Waals surface area contributed by atoms with E-state index >= 15 is 0 Å². The van der Waals surface area contributed by atoms with E-state index in [-0.39, 0.29) is 16.8 Å². The van der Waals surface area contributed by atoms with Gasteiger partial charge in [0.1, 0.15) is 0 Å². The molecule has 1 fully saturated rings. The number of carbonyl (C=O) groups is 1. The van der Waals surface area contributed by atoms with Gasteiger partial charge in [-0.3, -0.25) is 4.79 Å². The number of nitrogens with one attached hydrogen (secondary N) is 1. The molecule has 1 aliphatic rings. The van der Waals surface area contributed by atoms with Gasteiger partial charge in [0.05, 0.1) is 4.90 Å². The van der Waals surface area contributed by atoms with Crippen molar-refractivity contribution < 1.29 is 13.2 Å². The molecule has 0 spiro atoms. The fourth-order valence-corrected chi connectivity index (χ4v) is 4.16. The molecule has 1 aliphatic heterocycles. The van der Waals surface area contributed by atoms with Crippen LogP contribution in [0.2, 0.25) is 0 Å². The maximum absolute atomic E-state index is 12.8. The number of hydrogen-bond acceptors (Lipinski definition) is 4. The third-order valence-electron chi connectivity index (χ3n) is 4.03. The maximum Gasteiger partial charge on any atom is 0.251 e. The monoisotopic (exact) mass is 339 g/mol. The highest BCUT2D eigenvalue weighted by molar-refractivity contribution is 7.89. The molecule has 128 valence electrons. The zero-order valence-electron chi connectivity index (χ0n) is 13.5. The van der Waals surface area contributed by atoms with Gasteiger partial charge in [0, 0.05) is 31.2 Å². The van der Waals surface area contributed by atoms with Gasteiger partial charge in [-0.2, -0.15) is 4.31 Å². The van der Waals surface area contributed by atoms with Gasteiger partial charge in [-0.05, 0) is 38.0 Å². The Kier molecular flexibility index (Phi) is 6.15. The van der Waals surface area contributed by atoms with Crippen molar-refractivity contribution in [3.8, 4) is 0 Å². The van der Waals surface area contributed by atoms with Crippen LogP contribution in [0, 0.1) is 0 Å². The molecule has 1 aromatic carbocycles. The van der Waals surface area contributed by atoms with Gasteiger partial charge in [0.25, 0.3) is 5.91 Å². The molecule has 1 amide bonds. The molecule has 1 saturated heterocycles. The highest BCUT2D eigenvalue weighted by Gasteiger charge is 2.25. The first-order valence-corrected chi connectivity index (χ1v) is 9.50. The van der Waals surface area contributed by atoms with E-state index in [2.05, 4.69) is 5.32 Å². The molecular formula is C16H25N3O3S. The summed E-state index contributed by atoms with van der Waals surface area (Å²) in [7, 11) is -3.55. The first kappa shape index (κ1) is 17.9. The highest BCUT2D eigenvalue weighted by atomic mass is 32.2. The third kappa shape index (κ3) is 4.53. The molecule has 6 nitrogen and oxygen atoms in total. The van der Waals surface area contributed by atoms with Crippen molar-refractivity contribution in [2.45, 2.75) is 43.5 Å². The summed E-state index contributed by atoms with van der Waals surface area (Å²) in [5, 5.41) is 2.74. The summed E-state index contributed by atoms with van der Waals surface area (Å²) >= 11 is 0. The Balaban J connectivity index is 2.22. The van der Waals surface area contributed by atoms with E-state index in [0.29, 0.717) is 25.2 Å². The smallest absolute Gasteiger partial charge is 0.251 e. The van der Waals surface area contributed by atoms with Crippen LogP contribution in [0.4, 0.5) is 0 Å². The molecule has 3 N–H and O–H groups in total.